The Labute approximate surface area is 111 Å². The second kappa shape index (κ2) is 5.44. The van der Waals surface area contributed by atoms with Gasteiger partial charge in [0.15, 0.2) is 12.0 Å². The SMILES string of the molecule is C[C@@H]1CCN(C)[C@H](Nn2ccc(=O)c(O)c2C=O)C1. The van der Waals surface area contributed by atoms with Crippen molar-refractivity contribution in [3.05, 3.63) is 28.2 Å². The zero-order valence-corrected chi connectivity index (χ0v) is 11.2. The summed E-state index contributed by atoms with van der Waals surface area (Å²) in [5.41, 5.74) is 2.57. The summed E-state index contributed by atoms with van der Waals surface area (Å²) >= 11 is 0. The molecule has 2 atom stereocenters. The van der Waals surface area contributed by atoms with E-state index in [1.807, 2.05) is 7.05 Å². The highest BCUT2D eigenvalue weighted by molar-refractivity contribution is 5.76. The average Bonchev–Trinajstić information content (AvgIpc) is 2.38. The van der Waals surface area contributed by atoms with E-state index in [1.165, 1.54) is 16.9 Å². The number of carbonyl (C=O) groups excluding carboxylic acids is 1. The van der Waals surface area contributed by atoms with E-state index in [1.54, 1.807) is 0 Å². The maximum absolute atomic E-state index is 11.3. The van der Waals surface area contributed by atoms with Crippen LogP contribution in [-0.4, -0.2) is 40.7 Å². The normalized spacial score (nSPS) is 24.1. The number of aldehydes is 1. The van der Waals surface area contributed by atoms with Gasteiger partial charge in [-0.25, -0.2) is 0 Å². The van der Waals surface area contributed by atoms with Crippen LogP contribution in [0.25, 0.3) is 0 Å². The molecular weight excluding hydrogens is 246 g/mol. The van der Waals surface area contributed by atoms with Gasteiger partial charge in [-0.2, -0.15) is 0 Å². The highest BCUT2D eigenvalue weighted by Gasteiger charge is 2.24. The predicted molar refractivity (Wildman–Crippen MR) is 71.9 cm³/mol. The number of hydrogen-bond donors (Lipinski definition) is 2. The molecule has 2 N–H and O–H groups in total. The van der Waals surface area contributed by atoms with Crippen molar-refractivity contribution in [2.45, 2.75) is 25.9 Å². The number of likely N-dealkylation sites (tertiary alicyclic amines) is 1. The van der Waals surface area contributed by atoms with Gasteiger partial charge >= 0.3 is 0 Å². The minimum atomic E-state index is -0.550. The van der Waals surface area contributed by atoms with Crippen LogP contribution in [0.4, 0.5) is 0 Å². The van der Waals surface area contributed by atoms with Crippen molar-refractivity contribution in [1.29, 1.82) is 0 Å². The van der Waals surface area contributed by atoms with Crippen molar-refractivity contribution < 1.29 is 9.90 Å². The Morgan fingerprint density at radius 2 is 2.26 bits per heavy atom. The zero-order chi connectivity index (χ0) is 14.0. The summed E-state index contributed by atoms with van der Waals surface area (Å²) in [5.74, 6) is 0.0814. The van der Waals surface area contributed by atoms with Crippen LogP contribution in [0.2, 0.25) is 0 Å². The quantitative estimate of drug-likeness (QED) is 0.783. The number of aromatic nitrogens is 1. The number of nitrogens with one attached hydrogen (secondary N) is 1. The van der Waals surface area contributed by atoms with Gasteiger partial charge in [-0.15, -0.1) is 0 Å². The minimum Gasteiger partial charge on any atom is -0.503 e. The third-order valence-corrected chi connectivity index (χ3v) is 3.64. The summed E-state index contributed by atoms with van der Waals surface area (Å²) < 4.78 is 1.42. The number of hydrogen-bond acceptors (Lipinski definition) is 5. The summed E-state index contributed by atoms with van der Waals surface area (Å²) in [6.45, 7) is 3.16. The number of pyridine rings is 1. The molecule has 1 aliphatic heterocycles. The Bertz CT molecular complexity index is 526. The first-order chi connectivity index (χ1) is 9.02. The highest BCUT2D eigenvalue weighted by atomic mass is 16.3. The largest absolute Gasteiger partial charge is 0.503 e. The first kappa shape index (κ1) is 13.6. The van der Waals surface area contributed by atoms with E-state index in [-0.39, 0.29) is 11.9 Å². The molecule has 2 rings (SSSR count). The van der Waals surface area contributed by atoms with Gasteiger partial charge in [0.05, 0.1) is 6.17 Å². The standard InChI is InChI=1S/C13H19N3O3/c1-9-3-5-15(2)12(7-9)14-16-6-4-11(18)13(19)10(16)8-17/h4,6,8-9,12,14,19H,3,5,7H2,1-2H3/t9-,12+/m1/s1. The van der Waals surface area contributed by atoms with Gasteiger partial charge in [0, 0.05) is 18.8 Å². The molecule has 0 spiro atoms. The fraction of sp³-hybridized carbons (Fsp3) is 0.538. The number of piperidine rings is 1. The molecule has 1 aromatic rings. The van der Waals surface area contributed by atoms with E-state index in [0.717, 1.165) is 19.4 Å². The molecule has 1 aromatic heterocycles. The van der Waals surface area contributed by atoms with Gasteiger partial charge in [0.25, 0.3) is 0 Å². The zero-order valence-electron chi connectivity index (χ0n) is 11.2. The molecule has 1 fully saturated rings. The first-order valence-corrected chi connectivity index (χ1v) is 6.39. The van der Waals surface area contributed by atoms with Crippen molar-refractivity contribution in [3.63, 3.8) is 0 Å². The summed E-state index contributed by atoms with van der Waals surface area (Å²) in [6.07, 6.45) is 4.12. The fourth-order valence-electron chi connectivity index (χ4n) is 2.34. The topological polar surface area (TPSA) is 74.6 Å². The molecule has 104 valence electrons. The Kier molecular flexibility index (Phi) is 3.90. The van der Waals surface area contributed by atoms with E-state index >= 15 is 0 Å². The lowest BCUT2D eigenvalue weighted by Gasteiger charge is -2.37. The number of rotatable bonds is 3. The molecule has 2 heterocycles. The summed E-state index contributed by atoms with van der Waals surface area (Å²) in [4.78, 5) is 24.5. The fourth-order valence-corrected chi connectivity index (χ4v) is 2.34. The monoisotopic (exact) mass is 265 g/mol. The molecule has 0 aliphatic carbocycles. The van der Waals surface area contributed by atoms with Crippen LogP contribution in [0.15, 0.2) is 17.1 Å². The van der Waals surface area contributed by atoms with Crippen LogP contribution >= 0.6 is 0 Å². The average molecular weight is 265 g/mol. The lowest BCUT2D eigenvalue weighted by Crippen LogP contribution is -2.47. The van der Waals surface area contributed by atoms with Crippen molar-refractivity contribution in [1.82, 2.24) is 9.58 Å². The summed E-state index contributed by atoms with van der Waals surface area (Å²) in [6, 6.07) is 1.24. The molecule has 0 radical (unpaired) electrons. The van der Waals surface area contributed by atoms with Crippen molar-refractivity contribution in [2.75, 3.05) is 19.0 Å². The van der Waals surface area contributed by atoms with Crippen LogP contribution in [0.5, 0.6) is 5.75 Å². The Morgan fingerprint density at radius 1 is 1.53 bits per heavy atom. The third-order valence-electron chi connectivity index (χ3n) is 3.64. The van der Waals surface area contributed by atoms with E-state index in [0.29, 0.717) is 12.2 Å². The molecule has 19 heavy (non-hydrogen) atoms. The van der Waals surface area contributed by atoms with Crippen LogP contribution in [0, 0.1) is 5.92 Å². The molecule has 6 nitrogen and oxygen atoms in total. The van der Waals surface area contributed by atoms with E-state index in [2.05, 4.69) is 17.2 Å². The molecule has 1 saturated heterocycles. The van der Waals surface area contributed by atoms with Crippen LogP contribution < -0.4 is 10.9 Å². The summed E-state index contributed by atoms with van der Waals surface area (Å²) in [7, 11) is 2.01. The van der Waals surface area contributed by atoms with Gasteiger partial charge in [-0.3, -0.25) is 19.2 Å². The maximum Gasteiger partial charge on any atom is 0.224 e. The number of carbonyl (C=O) groups is 1. The predicted octanol–water partition coefficient (Wildman–Crippen LogP) is 0.598. The Morgan fingerprint density at radius 3 is 2.95 bits per heavy atom. The van der Waals surface area contributed by atoms with Gasteiger partial charge in [0.2, 0.25) is 5.43 Å². The Hall–Kier alpha value is -1.82. The molecule has 0 amide bonds. The van der Waals surface area contributed by atoms with E-state index < -0.39 is 11.2 Å². The van der Waals surface area contributed by atoms with Gasteiger partial charge in [-0.1, -0.05) is 6.92 Å². The maximum atomic E-state index is 11.3. The molecular formula is C13H19N3O3. The van der Waals surface area contributed by atoms with Gasteiger partial charge in [0.1, 0.15) is 5.69 Å². The van der Waals surface area contributed by atoms with Gasteiger partial charge in [-0.05, 0) is 25.8 Å². The molecule has 0 aromatic carbocycles. The number of aromatic hydroxyl groups is 1. The summed E-state index contributed by atoms with van der Waals surface area (Å²) in [5, 5.41) is 9.61. The third kappa shape index (κ3) is 2.78. The lowest BCUT2D eigenvalue weighted by atomic mass is 9.97. The van der Waals surface area contributed by atoms with Crippen LogP contribution in [-0.2, 0) is 0 Å². The van der Waals surface area contributed by atoms with E-state index in [9.17, 15) is 14.7 Å². The second-order valence-electron chi connectivity index (χ2n) is 5.16. The first-order valence-electron chi connectivity index (χ1n) is 6.39. The molecule has 6 heteroatoms. The highest BCUT2D eigenvalue weighted by Crippen LogP contribution is 2.20. The van der Waals surface area contributed by atoms with Crippen LogP contribution in [0.1, 0.15) is 30.3 Å². The van der Waals surface area contributed by atoms with Crippen LogP contribution in [0.3, 0.4) is 0 Å². The molecule has 0 bridgehead atoms. The molecule has 0 unspecified atom stereocenters. The van der Waals surface area contributed by atoms with Crippen molar-refractivity contribution >= 4 is 6.29 Å². The van der Waals surface area contributed by atoms with Crippen molar-refractivity contribution in [3.8, 4) is 5.75 Å². The number of nitrogens with zero attached hydrogens (tertiary/aromatic N) is 2. The second-order valence-corrected chi connectivity index (χ2v) is 5.16. The Balaban J connectivity index is 2.25. The lowest BCUT2D eigenvalue weighted by molar-refractivity contribution is 0.110. The molecule has 1 aliphatic rings. The van der Waals surface area contributed by atoms with Gasteiger partial charge < -0.3 is 10.5 Å². The van der Waals surface area contributed by atoms with E-state index in [4.69, 9.17) is 0 Å². The minimum absolute atomic E-state index is 0.0425. The molecule has 0 saturated carbocycles. The smallest absolute Gasteiger partial charge is 0.224 e. The van der Waals surface area contributed by atoms with Crippen molar-refractivity contribution in [2.24, 2.45) is 5.92 Å².